The molecule has 0 aliphatic rings. The van der Waals surface area contributed by atoms with Crippen molar-refractivity contribution in [1.29, 1.82) is 0 Å². The first-order valence-electron chi connectivity index (χ1n) is 6.76. The molecular weight excluding hydrogens is 218 g/mol. The smallest absolute Gasteiger partial charge is 0.303 e. The van der Waals surface area contributed by atoms with Crippen LogP contribution in [0.25, 0.3) is 0 Å². The van der Waals surface area contributed by atoms with Gasteiger partial charge in [-0.2, -0.15) is 0 Å². The van der Waals surface area contributed by atoms with Gasteiger partial charge in [-0.15, -0.1) is 0 Å². The van der Waals surface area contributed by atoms with Crippen LogP contribution in [0, 0.1) is 0 Å². The molecule has 4 heteroatoms. The molecule has 0 bridgehead atoms. The van der Waals surface area contributed by atoms with Crippen LogP contribution < -0.4 is 5.32 Å². The number of aliphatic hydroxyl groups excluding tert-OH is 1. The van der Waals surface area contributed by atoms with E-state index >= 15 is 0 Å². The lowest BCUT2D eigenvalue weighted by Gasteiger charge is -2.17. The molecule has 0 aromatic rings. The zero-order valence-corrected chi connectivity index (χ0v) is 11.0. The molecule has 4 nitrogen and oxygen atoms in total. The normalized spacial score (nSPS) is 12.6. The minimum Gasteiger partial charge on any atom is -0.481 e. The Labute approximate surface area is 104 Å². The lowest BCUT2D eigenvalue weighted by atomic mass is 10.0. The summed E-state index contributed by atoms with van der Waals surface area (Å²) < 4.78 is 0. The monoisotopic (exact) mass is 245 g/mol. The largest absolute Gasteiger partial charge is 0.481 e. The molecule has 0 aromatic carbocycles. The number of aliphatic carboxylic acids is 1. The van der Waals surface area contributed by atoms with Crippen molar-refractivity contribution >= 4 is 5.97 Å². The number of carbonyl (C=O) groups is 1. The quantitative estimate of drug-likeness (QED) is 0.461. The molecule has 0 saturated heterocycles. The SMILES string of the molecule is CCCCCC(CCCCC(=O)O)NCCO. The van der Waals surface area contributed by atoms with E-state index in [1.165, 1.54) is 19.3 Å². The van der Waals surface area contributed by atoms with Crippen LogP contribution >= 0.6 is 0 Å². The summed E-state index contributed by atoms with van der Waals surface area (Å²) in [6.45, 7) is 2.98. The highest BCUT2D eigenvalue weighted by atomic mass is 16.4. The summed E-state index contributed by atoms with van der Waals surface area (Å²) in [5, 5.41) is 20.7. The highest BCUT2D eigenvalue weighted by Crippen LogP contribution is 2.10. The Morgan fingerprint density at radius 3 is 2.35 bits per heavy atom. The van der Waals surface area contributed by atoms with Crippen LogP contribution in [0.1, 0.15) is 58.3 Å². The van der Waals surface area contributed by atoms with Gasteiger partial charge in [0.05, 0.1) is 6.61 Å². The van der Waals surface area contributed by atoms with Crippen molar-refractivity contribution in [3.8, 4) is 0 Å². The molecule has 0 aromatic heterocycles. The number of hydrogen-bond acceptors (Lipinski definition) is 3. The van der Waals surface area contributed by atoms with Crippen molar-refractivity contribution in [1.82, 2.24) is 5.32 Å². The number of nitrogens with one attached hydrogen (secondary N) is 1. The molecule has 0 fully saturated rings. The third-order valence-electron chi connectivity index (χ3n) is 2.89. The Balaban J connectivity index is 3.64. The van der Waals surface area contributed by atoms with Crippen molar-refractivity contribution in [2.75, 3.05) is 13.2 Å². The topological polar surface area (TPSA) is 69.6 Å². The van der Waals surface area contributed by atoms with Crippen molar-refractivity contribution in [3.05, 3.63) is 0 Å². The molecule has 0 aliphatic heterocycles. The van der Waals surface area contributed by atoms with Gasteiger partial charge in [0.2, 0.25) is 0 Å². The Morgan fingerprint density at radius 1 is 1.18 bits per heavy atom. The van der Waals surface area contributed by atoms with Gasteiger partial charge < -0.3 is 15.5 Å². The number of unbranched alkanes of at least 4 members (excludes halogenated alkanes) is 3. The summed E-state index contributed by atoms with van der Waals surface area (Å²) in [7, 11) is 0. The van der Waals surface area contributed by atoms with Gasteiger partial charge in [0.15, 0.2) is 0 Å². The molecule has 0 aliphatic carbocycles. The van der Waals surface area contributed by atoms with E-state index in [-0.39, 0.29) is 13.0 Å². The molecular formula is C13H27NO3. The molecule has 1 unspecified atom stereocenters. The third-order valence-corrected chi connectivity index (χ3v) is 2.89. The fourth-order valence-electron chi connectivity index (χ4n) is 1.92. The van der Waals surface area contributed by atoms with Gasteiger partial charge in [0.1, 0.15) is 0 Å². The molecule has 0 amide bonds. The van der Waals surface area contributed by atoms with Gasteiger partial charge in [-0.25, -0.2) is 0 Å². The van der Waals surface area contributed by atoms with Crippen molar-refractivity contribution in [2.45, 2.75) is 64.3 Å². The first-order valence-corrected chi connectivity index (χ1v) is 6.76. The predicted molar refractivity (Wildman–Crippen MR) is 69.1 cm³/mol. The van der Waals surface area contributed by atoms with Gasteiger partial charge in [0, 0.05) is 19.0 Å². The first-order chi connectivity index (χ1) is 8.20. The standard InChI is InChI=1S/C13H27NO3/c1-2-3-4-7-12(14-10-11-15)8-5-6-9-13(16)17/h12,14-15H,2-11H2,1H3,(H,16,17). The summed E-state index contributed by atoms with van der Waals surface area (Å²) in [4.78, 5) is 10.4. The lowest BCUT2D eigenvalue weighted by Crippen LogP contribution is -2.31. The molecule has 17 heavy (non-hydrogen) atoms. The van der Waals surface area contributed by atoms with Gasteiger partial charge in [-0.3, -0.25) is 4.79 Å². The average Bonchev–Trinajstić information content (AvgIpc) is 2.30. The zero-order valence-electron chi connectivity index (χ0n) is 11.0. The number of carboxylic acid groups (broad SMARTS) is 1. The maximum atomic E-state index is 10.4. The molecule has 0 rings (SSSR count). The third kappa shape index (κ3) is 11.6. The molecule has 0 saturated carbocycles. The number of carboxylic acids is 1. The fourth-order valence-corrected chi connectivity index (χ4v) is 1.92. The second-order valence-corrected chi connectivity index (χ2v) is 4.51. The van der Waals surface area contributed by atoms with Crippen molar-refractivity contribution < 1.29 is 15.0 Å². The van der Waals surface area contributed by atoms with E-state index in [4.69, 9.17) is 10.2 Å². The van der Waals surface area contributed by atoms with Crippen LogP contribution in [0.5, 0.6) is 0 Å². The summed E-state index contributed by atoms with van der Waals surface area (Å²) in [5.41, 5.74) is 0. The van der Waals surface area contributed by atoms with Crippen LogP contribution in [0.2, 0.25) is 0 Å². The van der Waals surface area contributed by atoms with Gasteiger partial charge >= 0.3 is 5.97 Å². The minimum atomic E-state index is -0.712. The van der Waals surface area contributed by atoms with Gasteiger partial charge in [0.25, 0.3) is 0 Å². The summed E-state index contributed by atoms with van der Waals surface area (Å²) in [5.74, 6) is -0.712. The number of rotatable bonds is 12. The van der Waals surface area contributed by atoms with E-state index in [0.717, 1.165) is 25.7 Å². The highest BCUT2D eigenvalue weighted by Gasteiger charge is 2.07. The Hall–Kier alpha value is -0.610. The summed E-state index contributed by atoms with van der Waals surface area (Å²) >= 11 is 0. The molecule has 1 atom stereocenters. The van der Waals surface area contributed by atoms with Crippen LogP contribution in [-0.2, 0) is 4.79 Å². The van der Waals surface area contributed by atoms with E-state index in [1.54, 1.807) is 0 Å². The average molecular weight is 245 g/mol. The second kappa shape index (κ2) is 11.9. The maximum Gasteiger partial charge on any atom is 0.303 e. The molecule has 0 spiro atoms. The Morgan fingerprint density at radius 2 is 1.82 bits per heavy atom. The van der Waals surface area contributed by atoms with Gasteiger partial charge in [-0.1, -0.05) is 32.6 Å². The Kier molecular flexibility index (Phi) is 11.4. The first kappa shape index (κ1) is 16.4. The molecule has 0 heterocycles. The number of aliphatic hydroxyl groups is 1. The van der Waals surface area contributed by atoms with E-state index in [2.05, 4.69) is 12.2 Å². The molecule has 3 N–H and O–H groups in total. The van der Waals surface area contributed by atoms with Crippen molar-refractivity contribution in [3.63, 3.8) is 0 Å². The Bertz CT molecular complexity index is 186. The summed E-state index contributed by atoms with van der Waals surface area (Å²) in [6.07, 6.45) is 7.76. The van der Waals surface area contributed by atoms with Crippen LogP contribution in [0.3, 0.4) is 0 Å². The molecule has 0 radical (unpaired) electrons. The fraction of sp³-hybridized carbons (Fsp3) is 0.923. The second-order valence-electron chi connectivity index (χ2n) is 4.51. The molecule has 102 valence electrons. The van der Waals surface area contributed by atoms with E-state index in [0.29, 0.717) is 12.6 Å². The van der Waals surface area contributed by atoms with Crippen LogP contribution in [0.15, 0.2) is 0 Å². The van der Waals surface area contributed by atoms with Crippen molar-refractivity contribution in [2.24, 2.45) is 0 Å². The minimum absolute atomic E-state index is 0.166. The van der Waals surface area contributed by atoms with Gasteiger partial charge in [-0.05, 0) is 19.3 Å². The highest BCUT2D eigenvalue weighted by molar-refractivity contribution is 5.66. The number of hydrogen-bond donors (Lipinski definition) is 3. The van der Waals surface area contributed by atoms with E-state index < -0.39 is 5.97 Å². The van der Waals surface area contributed by atoms with Crippen LogP contribution in [-0.4, -0.2) is 35.4 Å². The van der Waals surface area contributed by atoms with Crippen LogP contribution in [0.4, 0.5) is 0 Å². The zero-order chi connectivity index (χ0) is 12.9. The van der Waals surface area contributed by atoms with E-state index in [1.807, 2.05) is 0 Å². The summed E-state index contributed by atoms with van der Waals surface area (Å²) in [6, 6.07) is 0.433. The maximum absolute atomic E-state index is 10.4. The predicted octanol–water partition coefficient (Wildman–Crippen LogP) is 2.16. The lowest BCUT2D eigenvalue weighted by molar-refractivity contribution is -0.137. The van der Waals surface area contributed by atoms with E-state index in [9.17, 15) is 4.79 Å².